The lowest BCUT2D eigenvalue weighted by Gasteiger charge is -2.32. The molecule has 0 unspecified atom stereocenters. The van der Waals surface area contributed by atoms with E-state index in [0.717, 1.165) is 19.0 Å². The van der Waals surface area contributed by atoms with E-state index in [0.29, 0.717) is 0 Å². The summed E-state index contributed by atoms with van der Waals surface area (Å²) in [5, 5.41) is 0. The van der Waals surface area contributed by atoms with Crippen LogP contribution in [0.1, 0.15) is 24.3 Å². The fourth-order valence-electron chi connectivity index (χ4n) is 2.72. The van der Waals surface area contributed by atoms with Gasteiger partial charge in [-0.15, -0.1) is 0 Å². The van der Waals surface area contributed by atoms with Crippen molar-refractivity contribution >= 4 is 5.69 Å². The van der Waals surface area contributed by atoms with Gasteiger partial charge in [-0.25, -0.2) is 0 Å². The second-order valence-electron chi connectivity index (χ2n) is 5.39. The third-order valence-electron chi connectivity index (χ3n) is 3.91. The minimum absolute atomic E-state index is 0.732. The lowest BCUT2D eigenvalue weighted by atomic mass is 9.89. The van der Waals surface area contributed by atoms with Crippen molar-refractivity contribution in [2.24, 2.45) is 5.73 Å². The highest BCUT2D eigenvalue weighted by molar-refractivity contribution is 5.46. The van der Waals surface area contributed by atoms with Crippen LogP contribution >= 0.6 is 0 Å². The Morgan fingerprint density at radius 2 is 1.78 bits per heavy atom. The third kappa shape index (κ3) is 3.24. The van der Waals surface area contributed by atoms with Gasteiger partial charge < -0.3 is 15.5 Å². The summed E-state index contributed by atoms with van der Waals surface area (Å²) in [6.45, 7) is 4.21. The molecule has 2 N–H and O–H groups in total. The summed E-state index contributed by atoms with van der Waals surface area (Å²) in [4.78, 5) is 4.62. The number of nitrogens with zero attached hydrogens (tertiary/aromatic N) is 2. The van der Waals surface area contributed by atoms with E-state index in [1.165, 1.54) is 37.2 Å². The van der Waals surface area contributed by atoms with Crippen LogP contribution in [0.15, 0.2) is 24.3 Å². The molecule has 1 aliphatic rings. The quantitative estimate of drug-likeness (QED) is 0.882. The van der Waals surface area contributed by atoms with Crippen LogP contribution in [0.4, 0.5) is 5.69 Å². The summed E-state index contributed by atoms with van der Waals surface area (Å²) in [6.07, 6.45) is 2.53. The van der Waals surface area contributed by atoms with Crippen LogP contribution in [-0.4, -0.2) is 45.2 Å². The minimum atomic E-state index is 0.732. The predicted octanol–water partition coefficient (Wildman–Crippen LogP) is 1.89. The maximum atomic E-state index is 5.60. The Morgan fingerprint density at radius 1 is 1.17 bits per heavy atom. The number of hydrogen-bond donors (Lipinski definition) is 1. The Hall–Kier alpha value is -1.06. The number of nitrogens with two attached hydrogens (primary N) is 1. The van der Waals surface area contributed by atoms with Gasteiger partial charge in [0.15, 0.2) is 0 Å². The van der Waals surface area contributed by atoms with Crippen molar-refractivity contribution in [3.8, 4) is 0 Å². The molecule has 0 bridgehead atoms. The van der Waals surface area contributed by atoms with Crippen molar-refractivity contribution in [3.05, 3.63) is 29.8 Å². The summed E-state index contributed by atoms with van der Waals surface area (Å²) in [6, 6.07) is 9.03. The van der Waals surface area contributed by atoms with E-state index in [1.54, 1.807) is 0 Å². The van der Waals surface area contributed by atoms with Crippen LogP contribution in [0.25, 0.3) is 0 Å². The first kappa shape index (κ1) is 13.4. The number of likely N-dealkylation sites (tertiary alicyclic amines) is 1. The van der Waals surface area contributed by atoms with Crippen LogP contribution in [0.3, 0.4) is 0 Å². The lowest BCUT2D eigenvalue weighted by Crippen LogP contribution is -2.36. The van der Waals surface area contributed by atoms with Crippen LogP contribution in [0.2, 0.25) is 0 Å². The molecule has 0 aromatic heterocycles. The van der Waals surface area contributed by atoms with Gasteiger partial charge in [0, 0.05) is 32.9 Å². The molecule has 1 aliphatic heterocycles. The SMILES string of the molecule is CN(C)c1ccc(C2CCN(CCN)CC2)cc1. The molecule has 1 saturated heterocycles. The summed E-state index contributed by atoms with van der Waals surface area (Å²) in [5.74, 6) is 0.732. The van der Waals surface area contributed by atoms with Gasteiger partial charge in [0.2, 0.25) is 0 Å². The third-order valence-corrected chi connectivity index (χ3v) is 3.91. The van der Waals surface area contributed by atoms with Crippen molar-refractivity contribution in [2.75, 3.05) is 45.2 Å². The normalized spacial score (nSPS) is 17.9. The number of hydrogen-bond acceptors (Lipinski definition) is 3. The molecule has 0 spiro atoms. The van der Waals surface area contributed by atoms with E-state index in [-0.39, 0.29) is 0 Å². The van der Waals surface area contributed by atoms with Gasteiger partial charge in [0.1, 0.15) is 0 Å². The monoisotopic (exact) mass is 247 g/mol. The first-order valence-electron chi connectivity index (χ1n) is 6.90. The van der Waals surface area contributed by atoms with Gasteiger partial charge in [-0.2, -0.15) is 0 Å². The second-order valence-corrected chi connectivity index (χ2v) is 5.39. The fourth-order valence-corrected chi connectivity index (χ4v) is 2.72. The molecule has 1 aromatic carbocycles. The summed E-state index contributed by atoms with van der Waals surface area (Å²) < 4.78 is 0. The molecular formula is C15H25N3. The van der Waals surface area contributed by atoms with Crippen molar-refractivity contribution in [3.63, 3.8) is 0 Å². The number of rotatable bonds is 4. The molecule has 1 aromatic rings. The maximum absolute atomic E-state index is 5.60. The van der Waals surface area contributed by atoms with Crippen molar-refractivity contribution in [2.45, 2.75) is 18.8 Å². The molecule has 3 heteroatoms. The Kier molecular flexibility index (Phi) is 4.61. The zero-order valence-corrected chi connectivity index (χ0v) is 11.6. The minimum Gasteiger partial charge on any atom is -0.378 e. The molecule has 0 radical (unpaired) electrons. The van der Waals surface area contributed by atoms with Crippen molar-refractivity contribution in [1.29, 1.82) is 0 Å². The van der Waals surface area contributed by atoms with Gasteiger partial charge >= 0.3 is 0 Å². The molecule has 3 nitrogen and oxygen atoms in total. The molecule has 0 aliphatic carbocycles. The Balaban J connectivity index is 1.93. The van der Waals surface area contributed by atoms with E-state index in [4.69, 9.17) is 5.73 Å². The zero-order valence-electron chi connectivity index (χ0n) is 11.6. The Labute approximate surface area is 111 Å². The molecule has 0 atom stereocenters. The van der Waals surface area contributed by atoms with Crippen molar-refractivity contribution < 1.29 is 0 Å². The first-order valence-corrected chi connectivity index (χ1v) is 6.90. The highest BCUT2D eigenvalue weighted by atomic mass is 15.1. The van der Waals surface area contributed by atoms with E-state index in [9.17, 15) is 0 Å². The summed E-state index contributed by atoms with van der Waals surface area (Å²) >= 11 is 0. The Bertz CT molecular complexity index is 351. The topological polar surface area (TPSA) is 32.5 Å². The number of benzene rings is 1. The largest absolute Gasteiger partial charge is 0.378 e. The zero-order chi connectivity index (χ0) is 13.0. The van der Waals surface area contributed by atoms with E-state index < -0.39 is 0 Å². The highest BCUT2D eigenvalue weighted by Crippen LogP contribution is 2.28. The van der Waals surface area contributed by atoms with E-state index >= 15 is 0 Å². The van der Waals surface area contributed by atoms with Crippen molar-refractivity contribution in [1.82, 2.24) is 4.90 Å². The van der Waals surface area contributed by atoms with Gasteiger partial charge in [-0.1, -0.05) is 12.1 Å². The molecule has 0 saturated carbocycles. The predicted molar refractivity (Wildman–Crippen MR) is 78.2 cm³/mol. The molecule has 1 heterocycles. The molecule has 18 heavy (non-hydrogen) atoms. The number of piperidine rings is 1. The average molecular weight is 247 g/mol. The molecule has 1 fully saturated rings. The van der Waals surface area contributed by atoms with Gasteiger partial charge in [0.05, 0.1) is 0 Å². The first-order chi connectivity index (χ1) is 8.70. The molecule has 100 valence electrons. The molecule has 0 amide bonds. The summed E-state index contributed by atoms with van der Waals surface area (Å²) in [7, 11) is 4.17. The van der Waals surface area contributed by atoms with Gasteiger partial charge in [-0.05, 0) is 49.5 Å². The number of anilines is 1. The highest BCUT2D eigenvalue weighted by Gasteiger charge is 2.19. The lowest BCUT2D eigenvalue weighted by molar-refractivity contribution is 0.218. The van der Waals surface area contributed by atoms with Crippen LogP contribution in [0.5, 0.6) is 0 Å². The van der Waals surface area contributed by atoms with Crippen LogP contribution in [-0.2, 0) is 0 Å². The average Bonchev–Trinajstić information content (AvgIpc) is 2.40. The summed E-state index contributed by atoms with van der Waals surface area (Å²) in [5.41, 5.74) is 8.37. The smallest absolute Gasteiger partial charge is 0.0361 e. The van der Waals surface area contributed by atoms with Crippen LogP contribution < -0.4 is 10.6 Å². The standard InChI is InChI=1S/C15H25N3/c1-17(2)15-5-3-13(4-6-15)14-7-10-18(11-8-14)12-9-16/h3-6,14H,7-12,16H2,1-2H3. The second kappa shape index (κ2) is 6.21. The van der Waals surface area contributed by atoms with Gasteiger partial charge in [0.25, 0.3) is 0 Å². The molecule has 2 rings (SSSR count). The van der Waals surface area contributed by atoms with Crippen LogP contribution in [0, 0.1) is 0 Å². The molecular weight excluding hydrogens is 222 g/mol. The fraction of sp³-hybridized carbons (Fsp3) is 0.600. The maximum Gasteiger partial charge on any atom is 0.0361 e. The van der Waals surface area contributed by atoms with E-state index in [1.807, 2.05) is 0 Å². The Morgan fingerprint density at radius 3 is 2.28 bits per heavy atom. The van der Waals surface area contributed by atoms with Gasteiger partial charge in [-0.3, -0.25) is 0 Å². The van der Waals surface area contributed by atoms with E-state index in [2.05, 4.69) is 48.2 Å².